The van der Waals surface area contributed by atoms with Crippen molar-refractivity contribution in [3.8, 4) is 0 Å². The van der Waals surface area contributed by atoms with Crippen molar-refractivity contribution in [1.82, 2.24) is 0 Å². The van der Waals surface area contributed by atoms with E-state index in [2.05, 4.69) is 25.1 Å². The number of thioether (sulfide) groups is 1. The molecule has 2 nitrogen and oxygen atoms in total. The fraction of sp³-hybridized carbons (Fsp3) is 0.533. The summed E-state index contributed by atoms with van der Waals surface area (Å²) in [6.45, 7) is 2.93. The van der Waals surface area contributed by atoms with E-state index in [0.29, 0.717) is 24.5 Å². The summed E-state index contributed by atoms with van der Waals surface area (Å²) in [4.78, 5) is 13.0. The normalized spacial score (nSPS) is 17.1. The quantitative estimate of drug-likeness (QED) is 0.907. The van der Waals surface area contributed by atoms with E-state index in [-0.39, 0.29) is 0 Å². The van der Waals surface area contributed by atoms with Gasteiger partial charge in [0, 0.05) is 23.5 Å². The van der Waals surface area contributed by atoms with Crippen molar-refractivity contribution in [3.63, 3.8) is 0 Å². The van der Waals surface area contributed by atoms with Crippen LogP contribution in [0.5, 0.6) is 0 Å². The lowest BCUT2D eigenvalue weighted by Gasteiger charge is -2.16. The molecule has 18 heavy (non-hydrogen) atoms. The Morgan fingerprint density at radius 3 is 3.00 bits per heavy atom. The van der Waals surface area contributed by atoms with Gasteiger partial charge in [-0.05, 0) is 42.5 Å². The van der Waals surface area contributed by atoms with Crippen LogP contribution < -0.4 is 5.73 Å². The Labute approximate surface area is 113 Å². The summed E-state index contributed by atoms with van der Waals surface area (Å²) in [6.07, 6.45) is 3.44. The lowest BCUT2D eigenvalue weighted by atomic mass is 9.91. The van der Waals surface area contributed by atoms with Crippen molar-refractivity contribution in [2.24, 2.45) is 5.73 Å². The van der Waals surface area contributed by atoms with Crippen molar-refractivity contribution < 1.29 is 4.79 Å². The van der Waals surface area contributed by atoms with Gasteiger partial charge >= 0.3 is 0 Å². The highest BCUT2D eigenvalue weighted by Gasteiger charge is 2.16. The van der Waals surface area contributed by atoms with Crippen molar-refractivity contribution in [1.29, 1.82) is 0 Å². The summed E-state index contributed by atoms with van der Waals surface area (Å²) in [5.41, 5.74) is 8.23. The molecule has 1 unspecified atom stereocenters. The maximum Gasteiger partial charge on any atom is 0.138 e. The molecular formula is C15H21NOS. The summed E-state index contributed by atoms with van der Waals surface area (Å²) in [6, 6.07) is 6.63. The number of ketones is 1. The topological polar surface area (TPSA) is 43.1 Å². The molecule has 0 saturated carbocycles. The van der Waals surface area contributed by atoms with Gasteiger partial charge in [0.2, 0.25) is 0 Å². The van der Waals surface area contributed by atoms with Gasteiger partial charge in [-0.2, -0.15) is 0 Å². The molecule has 3 heteroatoms. The number of hydrogen-bond acceptors (Lipinski definition) is 3. The second-order valence-corrected chi connectivity index (χ2v) is 6.00. The molecular weight excluding hydrogens is 242 g/mol. The van der Waals surface area contributed by atoms with E-state index >= 15 is 0 Å². The minimum Gasteiger partial charge on any atom is -0.330 e. The molecule has 1 aromatic carbocycles. The standard InChI is InChI=1S/C15H21NOS/c1-2-11(5-7-16)12-3-4-15-13(9-12)10-14(17)6-8-18-15/h3-4,9,11H,2,5-8,10,16H2,1H3. The van der Waals surface area contributed by atoms with E-state index in [0.717, 1.165) is 25.1 Å². The van der Waals surface area contributed by atoms with Crippen LogP contribution in [0.3, 0.4) is 0 Å². The van der Waals surface area contributed by atoms with Gasteiger partial charge in [0.25, 0.3) is 0 Å². The molecule has 2 rings (SSSR count). The average molecular weight is 263 g/mol. The van der Waals surface area contributed by atoms with E-state index in [1.807, 2.05) is 11.8 Å². The maximum absolute atomic E-state index is 11.7. The molecule has 1 aliphatic rings. The Bertz CT molecular complexity index is 431. The highest BCUT2D eigenvalue weighted by atomic mass is 32.2. The highest BCUT2D eigenvalue weighted by Crippen LogP contribution is 2.32. The van der Waals surface area contributed by atoms with Crippen LogP contribution in [0.2, 0.25) is 0 Å². The first-order chi connectivity index (χ1) is 8.74. The zero-order valence-electron chi connectivity index (χ0n) is 10.9. The minimum atomic E-state index is 0.366. The van der Waals surface area contributed by atoms with E-state index in [9.17, 15) is 4.79 Å². The van der Waals surface area contributed by atoms with Gasteiger partial charge in [-0.1, -0.05) is 19.1 Å². The molecule has 0 radical (unpaired) electrons. The molecule has 0 saturated heterocycles. The lowest BCUT2D eigenvalue weighted by Crippen LogP contribution is -2.08. The SMILES string of the molecule is CCC(CCN)c1ccc2c(c1)CC(=O)CCS2. The smallest absolute Gasteiger partial charge is 0.138 e. The number of rotatable bonds is 4. The number of benzene rings is 1. The number of hydrogen-bond donors (Lipinski definition) is 1. The lowest BCUT2D eigenvalue weighted by molar-refractivity contribution is -0.118. The molecule has 2 N–H and O–H groups in total. The first-order valence-corrected chi connectivity index (χ1v) is 7.70. The number of nitrogens with two attached hydrogens (primary N) is 1. The maximum atomic E-state index is 11.7. The van der Waals surface area contributed by atoms with Gasteiger partial charge in [-0.3, -0.25) is 4.79 Å². The van der Waals surface area contributed by atoms with E-state index in [4.69, 9.17) is 5.73 Å². The Balaban J connectivity index is 2.27. The van der Waals surface area contributed by atoms with Crippen LogP contribution in [0.1, 0.15) is 43.2 Å². The van der Waals surface area contributed by atoms with Crippen molar-refractivity contribution in [3.05, 3.63) is 29.3 Å². The molecule has 0 amide bonds. The van der Waals surface area contributed by atoms with Crippen LogP contribution in [0.25, 0.3) is 0 Å². The second-order valence-electron chi connectivity index (χ2n) is 4.86. The first-order valence-electron chi connectivity index (χ1n) is 6.72. The Hall–Kier alpha value is -0.800. The van der Waals surface area contributed by atoms with Crippen molar-refractivity contribution in [2.75, 3.05) is 12.3 Å². The molecule has 98 valence electrons. The van der Waals surface area contributed by atoms with Crippen LogP contribution in [-0.4, -0.2) is 18.1 Å². The molecule has 1 heterocycles. The Kier molecular flexibility index (Phi) is 4.84. The number of Topliss-reactive ketones (excluding diaryl/α,β-unsaturated/α-hetero) is 1. The van der Waals surface area contributed by atoms with E-state index in [1.165, 1.54) is 16.0 Å². The van der Waals surface area contributed by atoms with Crippen LogP contribution in [-0.2, 0) is 11.2 Å². The molecule has 1 atom stereocenters. The van der Waals surface area contributed by atoms with Crippen molar-refractivity contribution in [2.45, 2.75) is 43.4 Å². The molecule has 0 aromatic heterocycles. The zero-order valence-corrected chi connectivity index (χ0v) is 11.8. The van der Waals surface area contributed by atoms with Crippen LogP contribution >= 0.6 is 11.8 Å². The summed E-state index contributed by atoms with van der Waals surface area (Å²) in [5, 5.41) is 0. The molecule has 1 aromatic rings. The van der Waals surface area contributed by atoms with Gasteiger partial charge in [0.15, 0.2) is 0 Å². The average Bonchev–Trinajstić information content (AvgIpc) is 2.55. The highest BCUT2D eigenvalue weighted by molar-refractivity contribution is 7.99. The second kappa shape index (κ2) is 6.39. The van der Waals surface area contributed by atoms with Gasteiger partial charge < -0.3 is 5.73 Å². The van der Waals surface area contributed by atoms with Gasteiger partial charge in [-0.25, -0.2) is 0 Å². The van der Waals surface area contributed by atoms with Crippen LogP contribution in [0.4, 0.5) is 0 Å². The van der Waals surface area contributed by atoms with Crippen molar-refractivity contribution >= 4 is 17.5 Å². The number of carbonyl (C=O) groups excluding carboxylic acids is 1. The third kappa shape index (κ3) is 3.15. The van der Waals surface area contributed by atoms with Crippen LogP contribution in [0.15, 0.2) is 23.1 Å². The minimum absolute atomic E-state index is 0.366. The third-order valence-electron chi connectivity index (χ3n) is 3.59. The third-order valence-corrected chi connectivity index (χ3v) is 4.71. The van der Waals surface area contributed by atoms with Gasteiger partial charge in [0.1, 0.15) is 5.78 Å². The summed E-state index contributed by atoms with van der Waals surface area (Å²) < 4.78 is 0. The largest absolute Gasteiger partial charge is 0.330 e. The van der Waals surface area contributed by atoms with Crippen LogP contribution in [0, 0.1) is 0 Å². The summed E-state index contributed by atoms with van der Waals surface area (Å²) in [5.74, 6) is 1.82. The Morgan fingerprint density at radius 2 is 2.28 bits per heavy atom. The predicted molar refractivity (Wildman–Crippen MR) is 77.2 cm³/mol. The predicted octanol–water partition coefficient (Wildman–Crippen LogP) is 3.14. The first kappa shape index (κ1) is 13.6. The van der Waals surface area contributed by atoms with E-state index < -0.39 is 0 Å². The summed E-state index contributed by atoms with van der Waals surface area (Å²) in [7, 11) is 0. The molecule has 0 aliphatic carbocycles. The Morgan fingerprint density at radius 1 is 1.44 bits per heavy atom. The molecule has 1 aliphatic heterocycles. The monoisotopic (exact) mass is 263 g/mol. The summed E-state index contributed by atoms with van der Waals surface area (Å²) >= 11 is 1.81. The zero-order chi connectivity index (χ0) is 13.0. The number of carbonyl (C=O) groups is 1. The van der Waals surface area contributed by atoms with E-state index in [1.54, 1.807) is 0 Å². The molecule has 0 bridgehead atoms. The molecule has 0 spiro atoms. The fourth-order valence-electron chi connectivity index (χ4n) is 2.52. The molecule has 0 fully saturated rings. The number of fused-ring (bicyclic) bond motifs is 1. The fourth-order valence-corrected chi connectivity index (χ4v) is 3.55. The van der Waals surface area contributed by atoms with Gasteiger partial charge in [0.05, 0.1) is 0 Å². The van der Waals surface area contributed by atoms with Gasteiger partial charge in [-0.15, -0.1) is 11.8 Å².